The number of carbonyl (C=O) groups excluding carboxylic acids is 1. The second kappa shape index (κ2) is 5.71. The van der Waals surface area contributed by atoms with Gasteiger partial charge in [0.2, 0.25) is 0 Å². The summed E-state index contributed by atoms with van der Waals surface area (Å²) in [5.41, 5.74) is 0.00172. The third-order valence-corrected chi connectivity index (χ3v) is 2.81. The van der Waals surface area contributed by atoms with Crippen LogP contribution in [0.3, 0.4) is 0 Å². The molecule has 5 heteroatoms. The van der Waals surface area contributed by atoms with Gasteiger partial charge >= 0.3 is 6.09 Å². The predicted molar refractivity (Wildman–Crippen MR) is 78.1 cm³/mol. The minimum atomic E-state index is -0.633. The Morgan fingerprint density at radius 2 is 1.85 bits per heavy atom. The van der Waals surface area contributed by atoms with Crippen molar-refractivity contribution in [2.24, 2.45) is 0 Å². The number of hydrogen-bond acceptors (Lipinski definition) is 4. The van der Waals surface area contributed by atoms with Crippen LogP contribution >= 0.6 is 0 Å². The van der Waals surface area contributed by atoms with Gasteiger partial charge in [0, 0.05) is 5.41 Å². The average molecular weight is 281 g/mol. The first kappa shape index (κ1) is 16.3. The monoisotopic (exact) mass is 281 g/mol. The summed E-state index contributed by atoms with van der Waals surface area (Å²) in [5, 5.41) is 21.7. The molecule has 1 rings (SSSR count). The van der Waals surface area contributed by atoms with Crippen molar-refractivity contribution in [1.82, 2.24) is 0 Å². The van der Waals surface area contributed by atoms with Crippen LogP contribution < -0.4 is 5.32 Å². The van der Waals surface area contributed by atoms with E-state index in [9.17, 15) is 15.0 Å². The maximum absolute atomic E-state index is 11.7. The molecule has 0 atom stereocenters. The summed E-state index contributed by atoms with van der Waals surface area (Å²) in [7, 11) is 0. The number of carbonyl (C=O) groups is 1. The molecular weight excluding hydrogens is 258 g/mol. The minimum absolute atomic E-state index is 0.0380. The van der Waals surface area contributed by atoms with Crippen molar-refractivity contribution in [1.29, 1.82) is 0 Å². The quantitative estimate of drug-likeness (QED) is 0.744. The van der Waals surface area contributed by atoms with Crippen LogP contribution in [0.4, 0.5) is 10.5 Å². The Bertz CT molecular complexity index is 489. The number of aliphatic hydroxyl groups excluding tert-OH is 1. The fourth-order valence-corrected chi connectivity index (χ4v) is 1.56. The van der Waals surface area contributed by atoms with E-state index in [0.717, 1.165) is 5.56 Å². The molecule has 0 aliphatic rings. The summed E-state index contributed by atoms with van der Waals surface area (Å²) < 4.78 is 5.14. The smallest absolute Gasteiger partial charge is 0.412 e. The van der Waals surface area contributed by atoms with Crippen molar-refractivity contribution in [3.05, 3.63) is 23.8 Å². The molecule has 112 valence electrons. The van der Waals surface area contributed by atoms with Crippen LogP contribution in [0.1, 0.15) is 40.2 Å². The fourth-order valence-electron chi connectivity index (χ4n) is 1.56. The summed E-state index contributed by atoms with van der Waals surface area (Å²) in [4.78, 5) is 11.7. The molecule has 0 aromatic heterocycles. The van der Waals surface area contributed by atoms with Gasteiger partial charge in [0.05, 0.1) is 12.3 Å². The van der Waals surface area contributed by atoms with Gasteiger partial charge in [-0.25, -0.2) is 4.79 Å². The van der Waals surface area contributed by atoms with Crippen LogP contribution in [0.15, 0.2) is 18.2 Å². The molecule has 1 aromatic rings. The zero-order chi connectivity index (χ0) is 15.6. The summed E-state index contributed by atoms with van der Waals surface area (Å²) in [6.45, 7) is 8.99. The van der Waals surface area contributed by atoms with Gasteiger partial charge < -0.3 is 14.9 Å². The number of nitrogens with one attached hydrogen (secondary N) is 1. The van der Waals surface area contributed by atoms with Gasteiger partial charge in [-0.2, -0.15) is 0 Å². The third-order valence-electron chi connectivity index (χ3n) is 2.81. The summed E-state index contributed by atoms with van der Waals surface area (Å²) in [5.74, 6) is -0.0478. The maximum Gasteiger partial charge on any atom is 0.412 e. The molecule has 0 unspecified atom stereocenters. The van der Waals surface area contributed by atoms with Crippen molar-refractivity contribution in [3.63, 3.8) is 0 Å². The Morgan fingerprint density at radius 3 is 2.35 bits per heavy atom. The molecule has 0 saturated heterocycles. The van der Waals surface area contributed by atoms with Gasteiger partial charge in [-0.1, -0.05) is 19.9 Å². The highest BCUT2D eigenvalue weighted by atomic mass is 16.6. The molecule has 5 nitrogen and oxygen atoms in total. The van der Waals surface area contributed by atoms with Crippen LogP contribution in [0, 0.1) is 0 Å². The molecule has 0 heterocycles. The van der Waals surface area contributed by atoms with Crippen LogP contribution in [0.2, 0.25) is 0 Å². The first-order chi connectivity index (χ1) is 9.05. The number of benzene rings is 1. The van der Waals surface area contributed by atoms with Crippen LogP contribution in [0.5, 0.6) is 5.75 Å². The van der Waals surface area contributed by atoms with E-state index in [-0.39, 0.29) is 18.0 Å². The van der Waals surface area contributed by atoms with Crippen molar-refractivity contribution in [2.75, 3.05) is 11.9 Å². The van der Waals surface area contributed by atoms with Crippen molar-refractivity contribution < 1.29 is 19.7 Å². The standard InChI is InChI=1S/C15H23NO4/c1-14(2,3)20-13(19)16-11-8-10(6-7-12(11)18)15(4,5)9-17/h6-8,17-18H,9H2,1-5H3,(H,16,19). The molecule has 3 N–H and O–H groups in total. The molecule has 20 heavy (non-hydrogen) atoms. The fraction of sp³-hybridized carbons (Fsp3) is 0.533. The number of aromatic hydroxyl groups is 1. The molecule has 0 fully saturated rings. The van der Waals surface area contributed by atoms with Crippen LogP contribution in [0.25, 0.3) is 0 Å². The first-order valence-electron chi connectivity index (χ1n) is 6.49. The molecule has 1 aromatic carbocycles. The van der Waals surface area contributed by atoms with Crippen LogP contribution in [-0.2, 0) is 10.2 Å². The molecule has 0 aliphatic carbocycles. The second-order valence-electron chi connectivity index (χ2n) is 6.40. The predicted octanol–water partition coefficient (Wildman–Crippen LogP) is 3.01. The highest BCUT2D eigenvalue weighted by molar-refractivity contribution is 5.87. The van der Waals surface area contributed by atoms with E-state index < -0.39 is 17.1 Å². The Kier molecular flexibility index (Phi) is 4.65. The van der Waals surface area contributed by atoms with Crippen LogP contribution in [-0.4, -0.2) is 28.5 Å². The number of aliphatic hydroxyl groups is 1. The van der Waals surface area contributed by atoms with Crippen molar-refractivity contribution >= 4 is 11.8 Å². The van der Waals surface area contributed by atoms with E-state index in [1.807, 2.05) is 13.8 Å². The van der Waals surface area contributed by atoms with E-state index in [1.54, 1.807) is 32.9 Å². The number of phenols is 1. The normalized spacial score (nSPS) is 12.1. The maximum atomic E-state index is 11.7. The number of hydrogen-bond donors (Lipinski definition) is 3. The topological polar surface area (TPSA) is 78.8 Å². The molecule has 0 spiro atoms. The van der Waals surface area contributed by atoms with E-state index in [0.29, 0.717) is 0 Å². The van der Waals surface area contributed by atoms with Gasteiger partial charge in [-0.05, 0) is 38.5 Å². The van der Waals surface area contributed by atoms with Gasteiger partial charge in [0.15, 0.2) is 0 Å². The Balaban J connectivity index is 2.96. The lowest BCUT2D eigenvalue weighted by atomic mass is 9.85. The Labute approximate surface area is 119 Å². The SMILES string of the molecule is CC(C)(C)OC(=O)Nc1cc(C(C)(C)CO)ccc1O. The summed E-state index contributed by atoms with van der Waals surface area (Å²) in [6.07, 6.45) is -0.633. The Hall–Kier alpha value is -1.75. The molecule has 0 bridgehead atoms. The number of phenolic OH excluding ortho intramolecular Hbond substituents is 1. The van der Waals surface area contributed by atoms with Crippen molar-refractivity contribution in [3.8, 4) is 5.75 Å². The van der Waals surface area contributed by atoms with E-state index >= 15 is 0 Å². The highest BCUT2D eigenvalue weighted by Gasteiger charge is 2.22. The van der Waals surface area contributed by atoms with Gasteiger partial charge in [0.1, 0.15) is 11.4 Å². The van der Waals surface area contributed by atoms with Gasteiger partial charge in [0.25, 0.3) is 0 Å². The van der Waals surface area contributed by atoms with E-state index in [4.69, 9.17) is 4.74 Å². The molecule has 0 aliphatic heterocycles. The van der Waals surface area contributed by atoms with E-state index in [1.165, 1.54) is 6.07 Å². The lowest BCUT2D eigenvalue weighted by Gasteiger charge is -2.24. The largest absolute Gasteiger partial charge is 0.506 e. The zero-order valence-corrected chi connectivity index (χ0v) is 12.7. The minimum Gasteiger partial charge on any atom is -0.506 e. The van der Waals surface area contributed by atoms with E-state index in [2.05, 4.69) is 5.32 Å². The molecular formula is C15H23NO4. The summed E-state index contributed by atoms with van der Waals surface area (Å²) >= 11 is 0. The third kappa shape index (κ3) is 4.42. The average Bonchev–Trinajstić information content (AvgIpc) is 2.29. The number of amides is 1. The molecule has 0 saturated carbocycles. The number of ether oxygens (including phenoxy) is 1. The molecule has 1 amide bonds. The lowest BCUT2D eigenvalue weighted by Crippen LogP contribution is -2.27. The molecule has 0 radical (unpaired) electrons. The Morgan fingerprint density at radius 1 is 1.25 bits per heavy atom. The summed E-state index contributed by atoms with van der Waals surface area (Å²) in [6, 6.07) is 4.83. The van der Waals surface area contributed by atoms with Gasteiger partial charge in [-0.3, -0.25) is 5.32 Å². The van der Waals surface area contributed by atoms with Crippen molar-refractivity contribution in [2.45, 2.75) is 45.6 Å². The number of rotatable bonds is 3. The first-order valence-corrected chi connectivity index (χ1v) is 6.49. The van der Waals surface area contributed by atoms with Gasteiger partial charge in [-0.15, -0.1) is 0 Å². The lowest BCUT2D eigenvalue weighted by molar-refractivity contribution is 0.0635. The second-order valence-corrected chi connectivity index (χ2v) is 6.40. The zero-order valence-electron chi connectivity index (χ0n) is 12.7. The number of anilines is 1. The highest BCUT2D eigenvalue weighted by Crippen LogP contribution is 2.31.